The Morgan fingerprint density at radius 1 is 1.25 bits per heavy atom. The van der Waals surface area contributed by atoms with Gasteiger partial charge in [0.2, 0.25) is 0 Å². The number of ether oxygens (including phenoxy) is 2. The van der Waals surface area contributed by atoms with Gasteiger partial charge in [0.1, 0.15) is 0 Å². The first kappa shape index (κ1) is 25.4. The van der Waals surface area contributed by atoms with Crippen molar-refractivity contribution in [2.75, 3.05) is 53.0 Å². The van der Waals surface area contributed by atoms with Crippen LogP contribution in [0.4, 0.5) is 0 Å². The number of hydrogen-bond donors (Lipinski definition) is 2. The summed E-state index contributed by atoms with van der Waals surface area (Å²) in [6.45, 7) is 11.6. The summed E-state index contributed by atoms with van der Waals surface area (Å²) in [4.78, 5) is 7.13. The lowest BCUT2D eigenvalue weighted by atomic mass is 10.0. The van der Waals surface area contributed by atoms with E-state index in [4.69, 9.17) is 21.1 Å². The minimum absolute atomic E-state index is 0. The van der Waals surface area contributed by atoms with Crippen molar-refractivity contribution in [1.29, 1.82) is 0 Å². The van der Waals surface area contributed by atoms with Crippen molar-refractivity contribution in [3.8, 4) is 0 Å². The van der Waals surface area contributed by atoms with E-state index in [9.17, 15) is 0 Å². The highest BCUT2D eigenvalue weighted by atomic mass is 127. The van der Waals surface area contributed by atoms with E-state index in [1.165, 1.54) is 5.56 Å². The lowest BCUT2D eigenvalue weighted by molar-refractivity contribution is 0.0169. The van der Waals surface area contributed by atoms with Crippen molar-refractivity contribution in [3.63, 3.8) is 0 Å². The molecule has 1 atom stereocenters. The van der Waals surface area contributed by atoms with Crippen LogP contribution in [0.15, 0.2) is 29.3 Å². The summed E-state index contributed by atoms with van der Waals surface area (Å²) in [6.07, 6.45) is 0. The van der Waals surface area contributed by atoms with Crippen LogP contribution in [-0.2, 0) is 9.47 Å². The maximum absolute atomic E-state index is 6.08. The third kappa shape index (κ3) is 8.41. The Kier molecular flexibility index (Phi) is 11.7. The lowest BCUT2D eigenvalue weighted by Crippen LogP contribution is -2.46. The fourth-order valence-electron chi connectivity index (χ4n) is 2.90. The molecule has 8 heteroatoms. The Balaban J connectivity index is 0.00000392. The average molecular weight is 525 g/mol. The molecule has 1 aromatic rings. The normalized spacial score (nSPS) is 17.0. The molecule has 1 aromatic carbocycles. The van der Waals surface area contributed by atoms with E-state index < -0.39 is 0 Å². The van der Waals surface area contributed by atoms with Crippen LogP contribution < -0.4 is 10.6 Å². The number of guanidine groups is 1. The minimum atomic E-state index is -0.290. The topological polar surface area (TPSA) is 58.1 Å². The molecule has 1 saturated heterocycles. The van der Waals surface area contributed by atoms with E-state index in [0.717, 1.165) is 50.4 Å². The third-order valence-electron chi connectivity index (χ3n) is 4.72. The number of halogens is 2. The van der Waals surface area contributed by atoms with E-state index in [1.54, 1.807) is 7.11 Å². The summed E-state index contributed by atoms with van der Waals surface area (Å²) in [7, 11) is 1.71. The Morgan fingerprint density at radius 3 is 2.46 bits per heavy atom. The molecule has 1 aliphatic heterocycles. The van der Waals surface area contributed by atoms with Crippen molar-refractivity contribution >= 4 is 41.5 Å². The lowest BCUT2D eigenvalue weighted by Gasteiger charge is -2.35. The number of methoxy groups -OCH3 is 1. The van der Waals surface area contributed by atoms with E-state index in [0.29, 0.717) is 6.54 Å². The number of nitrogens with zero attached hydrogens (tertiary/aromatic N) is 2. The minimum Gasteiger partial charge on any atom is -0.379 e. The fraction of sp³-hybridized carbons (Fsp3) is 0.650. The molecule has 0 saturated carbocycles. The van der Waals surface area contributed by atoms with Gasteiger partial charge in [-0.3, -0.25) is 9.89 Å². The molecule has 160 valence electrons. The highest BCUT2D eigenvalue weighted by Gasteiger charge is 2.23. The Labute approximate surface area is 191 Å². The number of aliphatic imine (C=N–C) groups is 1. The predicted molar refractivity (Wildman–Crippen MR) is 127 cm³/mol. The summed E-state index contributed by atoms with van der Waals surface area (Å²) in [5, 5.41) is 7.57. The van der Waals surface area contributed by atoms with Gasteiger partial charge in [-0.25, -0.2) is 0 Å². The van der Waals surface area contributed by atoms with Crippen molar-refractivity contribution in [2.24, 2.45) is 4.99 Å². The maximum atomic E-state index is 6.08. The van der Waals surface area contributed by atoms with Crippen molar-refractivity contribution in [2.45, 2.75) is 32.4 Å². The first-order chi connectivity index (χ1) is 12.9. The quantitative estimate of drug-likeness (QED) is 0.310. The zero-order valence-corrected chi connectivity index (χ0v) is 20.4. The van der Waals surface area contributed by atoms with Gasteiger partial charge in [0, 0.05) is 38.3 Å². The van der Waals surface area contributed by atoms with Gasteiger partial charge in [0.05, 0.1) is 31.4 Å². The summed E-state index contributed by atoms with van der Waals surface area (Å²) >= 11 is 6.08. The monoisotopic (exact) mass is 524 g/mol. The molecular formula is C20H34ClIN4O2. The molecule has 1 heterocycles. The second-order valence-corrected chi connectivity index (χ2v) is 7.69. The summed E-state index contributed by atoms with van der Waals surface area (Å²) in [5.74, 6) is 0.801. The average Bonchev–Trinajstić information content (AvgIpc) is 2.68. The maximum Gasteiger partial charge on any atom is 0.191 e. The summed E-state index contributed by atoms with van der Waals surface area (Å²) in [6, 6.07) is 8.32. The Morgan fingerprint density at radius 2 is 1.89 bits per heavy atom. The second-order valence-electron chi connectivity index (χ2n) is 7.26. The van der Waals surface area contributed by atoms with Crippen LogP contribution in [-0.4, -0.2) is 69.5 Å². The fourth-order valence-corrected chi connectivity index (χ4v) is 3.03. The SMILES string of the molecule is CCNC(=NCC(C)(C)OC)NCC(c1ccc(Cl)cc1)N1CCOCC1.I. The van der Waals surface area contributed by atoms with Crippen LogP contribution in [0.3, 0.4) is 0 Å². The van der Waals surface area contributed by atoms with E-state index in [2.05, 4.69) is 39.6 Å². The molecule has 2 rings (SSSR count). The largest absolute Gasteiger partial charge is 0.379 e. The smallest absolute Gasteiger partial charge is 0.191 e. The molecule has 0 amide bonds. The number of benzene rings is 1. The van der Waals surface area contributed by atoms with Crippen LogP contribution in [0.5, 0.6) is 0 Å². The molecule has 1 unspecified atom stereocenters. The van der Waals surface area contributed by atoms with Gasteiger partial charge >= 0.3 is 0 Å². The first-order valence-electron chi connectivity index (χ1n) is 9.60. The van der Waals surface area contributed by atoms with E-state index in [-0.39, 0.29) is 35.6 Å². The van der Waals surface area contributed by atoms with Crippen LogP contribution in [0.25, 0.3) is 0 Å². The molecule has 0 spiro atoms. The molecule has 0 aliphatic carbocycles. The molecule has 6 nitrogen and oxygen atoms in total. The van der Waals surface area contributed by atoms with Crippen molar-refractivity contribution in [3.05, 3.63) is 34.9 Å². The van der Waals surface area contributed by atoms with Gasteiger partial charge in [-0.15, -0.1) is 24.0 Å². The highest BCUT2D eigenvalue weighted by molar-refractivity contribution is 14.0. The van der Waals surface area contributed by atoms with E-state index >= 15 is 0 Å². The first-order valence-corrected chi connectivity index (χ1v) is 9.97. The van der Waals surface area contributed by atoms with Gasteiger partial charge < -0.3 is 20.1 Å². The zero-order chi connectivity index (χ0) is 19.7. The zero-order valence-electron chi connectivity index (χ0n) is 17.3. The molecule has 2 N–H and O–H groups in total. The molecule has 0 radical (unpaired) electrons. The Hall–Kier alpha value is -0.610. The number of morpholine rings is 1. The molecule has 0 bridgehead atoms. The number of rotatable bonds is 8. The second kappa shape index (κ2) is 12.8. The van der Waals surface area contributed by atoms with Crippen LogP contribution in [0, 0.1) is 0 Å². The van der Waals surface area contributed by atoms with Crippen LogP contribution in [0.2, 0.25) is 5.02 Å². The molecule has 0 aromatic heterocycles. The van der Waals surface area contributed by atoms with Gasteiger partial charge in [-0.1, -0.05) is 23.7 Å². The van der Waals surface area contributed by atoms with Crippen molar-refractivity contribution in [1.82, 2.24) is 15.5 Å². The van der Waals surface area contributed by atoms with Crippen molar-refractivity contribution < 1.29 is 9.47 Å². The molecule has 1 fully saturated rings. The highest BCUT2D eigenvalue weighted by Crippen LogP contribution is 2.23. The summed E-state index contributed by atoms with van der Waals surface area (Å²) in [5.41, 5.74) is 0.948. The molecule has 28 heavy (non-hydrogen) atoms. The third-order valence-corrected chi connectivity index (χ3v) is 4.97. The van der Waals surface area contributed by atoms with Crippen LogP contribution >= 0.6 is 35.6 Å². The van der Waals surface area contributed by atoms with E-state index in [1.807, 2.05) is 26.0 Å². The standard InChI is InChI=1S/C20H33ClN4O2.HI/c1-5-22-19(24-15-20(2,3)26-4)23-14-18(25-10-12-27-13-11-25)16-6-8-17(21)9-7-16;/h6-9,18H,5,10-15H2,1-4H3,(H2,22,23,24);1H. The predicted octanol–water partition coefficient (Wildman–Crippen LogP) is 3.31. The van der Waals surface area contributed by atoms with Gasteiger partial charge in [-0.05, 0) is 38.5 Å². The number of hydrogen-bond acceptors (Lipinski definition) is 4. The Bertz CT molecular complexity index is 592. The summed E-state index contributed by atoms with van der Waals surface area (Å²) < 4.78 is 11.0. The van der Waals surface area contributed by atoms with Gasteiger partial charge in [0.25, 0.3) is 0 Å². The van der Waals surface area contributed by atoms with Gasteiger partial charge in [0.15, 0.2) is 5.96 Å². The molecule has 1 aliphatic rings. The number of nitrogens with one attached hydrogen (secondary N) is 2. The van der Waals surface area contributed by atoms with Gasteiger partial charge in [-0.2, -0.15) is 0 Å². The molecular weight excluding hydrogens is 491 g/mol. The van der Waals surface area contributed by atoms with Crippen LogP contribution in [0.1, 0.15) is 32.4 Å².